The van der Waals surface area contributed by atoms with E-state index in [9.17, 15) is 4.39 Å². The summed E-state index contributed by atoms with van der Waals surface area (Å²) in [4.78, 5) is 5.14. The number of rotatable bonds is 5. The maximum absolute atomic E-state index is 12.8. The molecule has 23 heavy (non-hydrogen) atoms. The van der Waals surface area contributed by atoms with Crippen LogP contribution in [0.25, 0.3) is 11.3 Å². The fourth-order valence-electron chi connectivity index (χ4n) is 1.89. The smallest absolute Gasteiger partial charge is 0.177 e. The van der Waals surface area contributed by atoms with Gasteiger partial charge >= 0.3 is 0 Å². The molecule has 0 spiro atoms. The van der Waals surface area contributed by atoms with E-state index in [2.05, 4.69) is 10.3 Å². The van der Waals surface area contributed by atoms with Gasteiger partial charge in [-0.15, -0.1) is 0 Å². The number of oxime groups is 1. The van der Waals surface area contributed by atoms with E-state index in [4.69, 9.17) is 21.0 Å². The third kappa shape index (κ3) is 4.17. The Balaban J connectivity index is 1.57. The first kappa shape index (κ1) is 15.2. The Labute approximate surface area is 137 Å². The van der Waals surface area contributed by atoms with Crippen LogP contribution in [0.1, 0.15) is 11.3 Å². The fraction of sp³-hybridized carbons (Fsp3) is 0.0588. The summed E-state index contributed by atoms with van der Waals surface area (Å²) in [5, 5.41) is 8.44. The van der Waals surface area contributed by atoms with Crippen molar-refractivity contribution in [3.05, 3.63) is 76.8 Å². The van der Waals surface area contributed by atoms with Crippen molar-refractivity contribution in [3.63, 3.8) is 0 Å². The highest BCUT2D eigenvalue weighted by atomic mass is 35.5. The van der Waals surface area contributed by atoms with Crippen molar-refractivity contribution in [1.82, 2.24) is 5.16 Å². The number of hydrogen-bond acceptors (Lipinski definition) is 4. The second-order valence-corrected chi connectivity index (χ2v) is 5.18. The standard InChI is InChI=1S/C17H12ClFN2O2/c18-14-5-3-13(4-6-14)17-9-16(23-21-17)11-22-20-10-12-1-7-15(19)8-2-12/h1-10H,11H2. The minimum Gasteiger partial charge on any atom is -0.387 e. The zero-order chi connectivity index (χ0) is 16.1. The summed E-state index contributed by atoms with van der Waals surface area (Å²) in [6.45, 7) is 0.151. The van der Waals surface area contributed by atoms with Gasteiger partial charge in [-0.05, 0) is 29.8 Å². The molecule has 0 radical (unpaired) electrons. The monoisotopic (exact) mass is 330 g/mol. The normalized spacial score (nSPS) is 11.0. The van der Waals surface area contributed by atoms with E-state index in [0.29, 0.717) is 16.5 Å². The minimum atomic E-state index is -0.292. The van der Waals surface area contributed by atoms with Crippen molar-refractivity contribution < 1.29 is 13.8 Å². The lowest BCUT2D eigenvalue weighted by Gasteiger charge is -1.95. The van der Waals surface area contributed by atoms with E-state index >= 15 is 0 Å². The van der Waals surface area contributed by atoms with Gasteiger partial charge in [0, 0.05) is 16.7 Å². The summed E-state index contributed by atoms with van der Waals surface area (Å²) >= 11 is 5.85. The van der Waals surface area contributed by atoms with E-state index < -0.39 is 0 Å². The maximum atomic E-state index is 12.8. The lowest BCUT2D eigenvalue weighted by Crippen LogP contribution is -1.86. The van der Waals surface area contributed by atoms with Crippen molar-refractivity contribution in [2.45, 2.75) is 6.61 Å². The quantitative estimate of drug-likeness (QED) is 0.504. The number of benzene rings is 2. The van der Waals surface area contributed by atoms with Gasteiger partial charge in [0.1, 0.15) is 11.5 Å². The highest BCUT2D eigenvalue weighted by molar-refractivity contribution is 6.30. The van der Waals surface area contributed by atoms with Gasteiger partial charge in [0.05, 0.1) is 6.21 Å². The number of halogens is 2. The molecule has 0 unspecified atom stereocenters. The molecule has 1 heterocycles. The zero-order valence-corrected chi connectivity index (χ0v) is 12.7. The Morgan fingerprint density at radius 3 is 2.61 bits per heavy atom. The van der Waals surface area contributed by atoms with Crippen LogP contribution < -0.4 is 0 Å². The van der Waals surface area contributed by atoms with Crippen molar-refractivity contribution in [2.24, 2.45) is 5.16 Å². The number of nitrogens with zero attached hydrogens (tertiary/aromatic N) is 2. The third-order valence-corrected chi connectivity index (χ3v) is 3.30. The topological polar surface area (TPSA) is 47.6 Å². The first-order valence-corrected chi connectivity index (χ1v) is 7.21. The van der Waals surface area contributed by atoms with Gasteiger partial charge in [-0.2, -0.15) is 0 Å². The highest BCUT2D eigenvalue weighted by Gasteiger charge is 2.06. The summed E-state index contributed by atoms with van der Waals surface area (Å²) < 4.78 is 17.9. The average molecular weight is 331 g/mol. The van der Waals surface area contributed by atoms with Gasteiger partial charge in [0.15, 0.2) is 12.4 Å². The van der Waals surface area contributed by atoms with Crippen LogP contribution >= 0.6 is 11.6 Å². The SMILES string of the molecule is Fc1ccc(C=NOCc2cc(-c3ccc(Cl)cc3)no2)cc1. The van der Waals surface area contributed by atoms with E-state index in [1.54, 1.807) is 30.3 Å². The second-order valence-electron chi connectivity index (χ2n) is 4.74. The molecule has 0 atom stereocenters. The van der Waals surface area contributed by atoms with Crippen molar-refractivity contribution >= 4 is 17.8 Å². The molecule has 3 aromatic rings. The molecule has 0 saturated carbocycles. The first-order chi connectivity index (χ1) is 11.2. The van der Waals surface area contributed by atoms with Gasteiger partial charge < -0.3 is 9.36 Å². The van der Waals surface area contributed by atoms with Crippen LogP contribution in [0, 0.1) is 5.82 Å². The molecule has 2 aromatic carbocycles. The molecule has 4 nitrogen and oxygen atoms in total. The molecule has 116 valence electrons. The summed E-state index contributed by atoms with van der Waals surface area (Å²) in [6.07, 6.45) is 1.50. The van der Waals surface area contributed by atoms with E-state index in [0.717, 1.165) is 11.1 Å². The largest absolute Gasteiger partial charge is 0.387 e. The molecule has 1 aromatic heterocycles. The molecule has 0 saturated heterocycles. The van der Waals surface area contributed by atoms with Crippen LogP contribution in [0.5, 0.6) is 0 Å². The molecular formula is C17H12ClFN2O2. The minimum absolute atomic E-state index is 0.151. The average Bonchev–Trinajstić information content (AvgIpc) is 3.03. The Bertz CT molecular complexity index is 798. The lowest BCUT2D eigenvalue weighted by atomic mass is 10.1. The molecule has 0 N–H and O–H groups in total. The second kappa shape index (κ2) is 7.07. The highest BCUT2D eigenvalue weighted by Crippen LogP contribution is 2.21. The van der Waals surface area contributed by atoms with Gasteiger partial charge in [-0.25, -0.2) is 4.39 Å². The van der Waals surface area contributed by atoms with Crippen LogP contribution in [0.15, 0.2) is 64.3 Å². The molecule has 0 fully saturated rings. The Kier molecular flexibility index (Phi) is 4.68. The first-order valence-electron chi connectivity index (χ1n) is 6.83. The van der Waals surface area contributed by atoms with Crippen molar-refractivity contribution in [1.29, 1.82) is 0 Å². The van der Waals surface area contributed by atoms with Crippen molar-refractivity contribution in [3.8, 4) is 11.3 Å². The molecule has 0 aliphatic carbocycles. The van der Waals surface area contributed by atoms with Gasteiger partial charge in [-0.3, -0.25) is 0 Å². The van der Waals surface area contributed by atoms with E-state index in [1.807, 2.05) is 12.1 Å². The predicted molar refractivity (Wildman–Crippen MR) is 85.7 cm³/mol. The lowest BCUT2D eigenvalue weighted by molar-refractivity contribution is 0.110. The molecule has 0 aliphatic rings. The summed E-state index contributed by atoms with van der Waals surface area (Å²) in [7, 11) is 0. The molecule has 3 rings (SSSR count). The summed E-state index contributed by atoms with van der Waals surface area (Å²) in [5.41, 5.74) is 2.34. The number of hydrogen-bond donors (Lipinski definition) is 0. The third-order valence-electron chi connectivity index (χ3n) is 3.05. The van der Waals surface area contributed by atoms with Crippen molar-refractivity contribution in [2.75, 3.05) is 0 Å². The van der Waals surface area contributed by atoms with E-state index in [1.165, 1.54) is 18.3 Å². The van der Waals surface area contributed by atoms with Crippen LogP contribution in [-0.2, 0) is 11.4 Å². The summed E-state index contributed by atoms with van der Waals surface area (Å²) in [5.74, 6) is 0.255. The molecular weight excluding hydrogens is 319 g/mol. The van der Waals surface area contributed by atoms with Gasteiger partial charge in [0.25, 0.3) is 0 Å². The Hall–Kier alpha value is -2.66. The van der Waals surface area contributed by atoms with Crippen LogP contribution in [0.4, 0.5) is 4.39 Å². The fourth-order valence-corrected chi connectivity index (χ4v) is 2.01. The molecule has 0 amide bonds. The Morgan fingerprint density at radius 1 is 1.13 bits per heavy atom. The number of aromatic nitrogens is 1. The Morgan fingerprint density at radius 2 is 1.87 bits per heavy atom. The molecule has 0 aliphatic heterocycles. The predicted octanol–water partition coefficient (Wildman–Crippen LogP) is 4.68. The van der Waals surface area contributed by atoms with Crippen LogP contribution in [0.2, 0.25) is 5.02 Å². The zero-order valence-electron chi connectivity index (χ0n) is 11.9. The molecule has 6 heteroatoms. The molecule has 0 bridgehead atoms. The van der Waals surface area contributed by atoms with Crippen LogP contribution in [-0.4, -0.2) is 11.4 Å². The van der Waals surface area contributed by atoms with Gasteiger partial charge in [0.2, 0.25) is 0 Å². The maximum Gasteiger partial charge on any atom is 0.177 e. The van der Waals surface area contributed by atoms with E-state index in [-0.39, 0.29) is 12.4 Å². The van der Waals surface area contributed by atoms with Gasteiger partial charge in [-0.1, -0.05) is 46.2 Å². The summed E-state index contributed by atoms with van der Waals surface area (Å²) in [6, 6.07) is 15.0. The van der Waals surface area contributed by atoms with Crippen LogP contribution in [0.3, 0.4) is 0 Å².